The number of rotatable bonds is 2. The van der Waals surface area contributed by atoms with E-state index in [1.165, 1.54) is 12.3 Å². The van der Waals surface area contributed by atoms with Gasteiger partial charge in [0.05, 0.1) is 12.6 Å². The van der Waals surface area contributed by atoms with Gasteiger partial charge >= 0.3 is 0 Å². The number of aromatic nitrogens is 1. The van der Waals surface area contributed by atoms with E-state index in [0.29, 0.717) is 6.54 Å². The minimum absolute atomic E-state index is 0.0461. The van der Waals surface area contributed by atoms with Crippen LogP contribution in [0.5, 0.6) is 0 Å². The summed E-state index contributed by atoms with van der Waals surface area (Å²) in [6.45, 7) is 2.33. The Kier molecular flexibility index (Phi) is 3.28. The molecule has 1 fully saturated rings. The van der Waals surface area contributed by atoms with Gasteiger partial charge in [-0.25, -0.2) is 0 Å². The maximum atomic E-state index is 12.1. The molecule has 1 aromatic heterocycles. The lowest BCUT2D eigenvalue weighted by Gasteiger charge is -2.22. The number of carbonyl (C=O) groups is 1. The molecule has 0 radical (unpaired) electrons. The monoisotopic (exact) mass is 236 g/mol. The van der Waals surface area contributed by atoms with Gasteiger partial charge in [-0.1, -0.05) is 0 Å². The van der Waals surface area contributed by atoms with Crippen molar-refractivity contribution in [2.75, 3.05) is 13.2 Å². The van der Waals surface area contributed by atoms with Gasteiger partial charge in [-0.3, -0.25) is 9.59 Å². The largest absolute Gasteiger partial charge is 0.394 e. The minimum atomic E-state index is -0.289. The van der Waals surface area contributed by atoms with Gasteiger partial charge in [-0.2, -0.15) is 0 Å². The fourth-order valence-corrected chi connectivity index (χ4v) is 2.19. The molecule has 2 heterocycles. The number of aromatic amines is 1. The predicted molar refractivity (Wildman–Crippen MR) is 62.9 cm³/mol. The fraction of sp³-hybridized carbons (Fsp3) is 0.500. The molecule has 1 amide bonds. The molecule has 0 unspecified atom stereocenters. The first-order chi connectivity index (χ1) is 8.13. The van der Waals surface area contributed by atoms with E-state index in [4.69, 9.17) is 5.11 Å². The lowest BCUT2D eigenvalue weighted by molar-refractivity contribution is 0.0676. The van der Waals surface area contributed by atoms with E-state index >= 15 is 0 Å². The van der Waals surface area contributed by atoms with Crippen LogP contribution in [0.15, 0.2) is 17.1 Å². The maximum Gasteiger partial charge on any atom is 0.259 e. The first kappa shape index (κ1) is 11.9. The summed E-state index contributed by atoms with van der Waals surface area (Å²) in [5.41, 5.74) is 0.609. The van der Waals surface area contributed by atoms with Crippen molar-refractivity contribution in [1.29, 1.82) is 0 Å². The van der Waals surface area contributed by atoms with Gasteiger partial charge in [0, 0.05) is 24.5 Å². The number of amides is 1. The zero-order valence-corrected chi connectivity index (χ0v) is 9.77. The summed E-state index contributed by atoms with van der Waals surface area (Å²) in [4.78, 5) is 28.3. The molecule has 1 aromatic rings. The summed E-state index contributed by atoms with van der Waals surface area (Å²) >= 11 is 0. The standard InChI is InChI=1S/C12H16N2O3/c1-8-5-11(16)10(6-13-8)12(17)14-4-2-3-9(14)7-15/h5-6,9,15H,2-4,7H2,1H3,(H,13,16)/t9-/m0/s1. The lowest BCUT2D eigenvalue weighted by atomic mass is 10.2. The van der Waals surface area contributed by atoms with Crippen LogP contribution in [0.3, 0.4) is 0 Å². The van der Waals surface area contributed by atoms with Crippen molar-refractivity contribution < 1.29 is 9.90 Å². The molecule has 5 heteroatoms. The Labute approximate surface area is 99.1 Å². The smallest absolute Gasteiger partial charge is 0.259 e. The highest BCUT2D eigenvalue weighted by atomic mass is 16.3. The Balaban J connectivity index is 2.28. The number of hydrogen-bond donors (Lipinski definition) is 2. The number of aliphatic hydroxyl groups is 1. The van der Waals surface area contributed by atoms with Crippen LogP contribution in [-0.2, 0) is 0 Å². The SMILES string of the molecule is Cc1cc(=O)c(C(=O)N2CCC[C@H]2CO)c[nH]1. The Morgan fingerprint density at radius 3 is 3.06 bits per heavy atom. The summed E-state index contributed by atoms with van der Waals surface area (Å²) in [6.07, 6.45) is 3.12. The molecule has 0 saturated carbocycles. The number of nitrogens with zero attached hydrogens (tertiary/aromatic N) is 1. The zero-order valence-electron chi connectivity index (χ0n) is 9.77. The molecule has 92 valence electrons. The van der Waals surface area contributed by atoms with Gasteiger partial charge in [0.1, 0.15) is 5.56 Å². The first-order valence-corrected chi connectivity index (χ1v) is 5.74. The molecule has 1 atom stereocenters. The van der Waals surface area contributed by atoms with Crippen LogP contribution in [0.25, 0.3) is 0 Å². The molecule has 1 saturated heterocycles. The molecule has 1 aliphatic rings. The molecule has 17 heavy (non-hydrogen) atoms. The number of pyridine rings is 1. The first-order valence-electron chi connectivity index (χ1n) is 5.74. The fourth-order valence-electron chi connectivity index (χ4n) is 2.19. The summed E-state index contributed by atoms with van der Waals surface area (Å²) in [7, 11) is 0. The third-order valence-electron chi connectivity index (χ3n) is 3.14. The average molecular weight is 236 g/mol. The average Bonchev–Trinajstić information content (AvgIpc) is 2.76. The van der Waals surface area contributed by atoms with Crippen molar-refractivity contribution in [3.05, 3.63) is 33.7 Å². The quantitative estimate of drug-likeness (QED) is 0.774. The summed E-state index contributed by atoms with van der Waals surface area (Å²) in [5, 5.41) is 9.17. The van der Waals surface area contributed by atoms with E-state index < -0.39 is 0 Å². The maximum absolute atomic E-state index is 12.1. The molecular formula is C12H16N2O3. The van der Waals surface area contributed by atoms with Crippen molar-refractivity contribution in [3.8, 4) is 0 Å². The number of nitrogens with one attached hydrogen (secondary N) is 1. The molecule has 1 aliphatic heterocycles. The molecule has 0 bridgehead atoms. The molecule has 0 spiro atoms. The normalized spacial score (nSPS) is 19.6. The molecule has 0 aromatic carbocycles. The van der Waals surface area contributed by atoms with Gasteiger partial charge in [-0.05, 0) is 19.8 Å². The van der Waals surface area contributed by atoms with Crippen LogP contribution >= 0.6 is 0 Å². The van der Waals surface area contributed by atoms with Gasteiger partial charge in [-0.15, -0.1) is 0 Å². The van der Waals surface area contributed by atoms with Crippen molar-refractivity contribution in [2.24, 2.45) is 0 Å². The van der Waals surface area contributed by atoms with E-state index in [9.17, 15) is 9.59 Å². The van der Waals surface area contributed by atoms with E-state index in [-0.39, 0.29) is 29.5 Å². The van der Waals surface area contributed by atoms with Crippen molar-refractivity contribution >= 4 is 5.91 Å². The van der Waals surface area contributed by atoms with Crippen molar-refractivity contribution in [1.82, 2.24) is 9.88 Å². The Morgan fingerprint density at radius 2 is 2.41 bits per heavy atom. The minimum Gasteiger partial charge on any atom is -0.394 e. The van der Waals surface area contributed by atoms with Crippen LogP contribution in [0, 0.1) is 6.92 Å². The topological polar surface area (TPSA) is 73.4 Å². The third-order valence-corrected chi connectivity index (χ3v) is 3.14. The molecule has 0 aliphatic carbocycles. The van der Waals surface area contributed by atoms with E-state index in [1.807, 2.05) is 0 Å². The van der Waals surface area contributed by atoms with Crippen LogP contribution in [0.2, 0.25) is 0 Å². The van der Waals surface area contributed by atoms with Crippen LogP contribution in [-0.4, -0.2) is 40.1 Å². The second-order valence-electron chi connectivity index (χ2n) is 4.37. The zero-order chi connectivity index (χ0) is 12.4. The van der Waals surface area contributed by atoms with Crippen LogP contribution < -0.4 is 5.43 Å². The number of aryl methyl sites for hydroxylation is 1. The lowest BCUT2D eigenvalue weighted by Crippen LogP contribution is -2.39. The van der Waals surface area contributed by atoms with E-state index in [1.54, 1.807) is 11.8 Å². The van der Waals surface area contributed by atoms with Crippen molar-refractivity contribution in [2.45, 2.75) is 25.8 Å². The van der Waals surface area contributed by atoms with Gasteiger partial charge < -0.3 is 15.0 Å². The highest BCUT2D eigenvalue weighted by Crippen LogP contribution is 2.18. The Bertz CT molecular complexity index is 481. The number of aliphatic hydroxyl groups excluding tert-OH is 1. The number of H-pyrrole nitrogens is 1. The Hall–Kier alpha value is -1.62. The summed E-state index contributed by atoms with van der Waals surface area (Å²) < 4.78 is 0. The van der Waals surface area contributed by atoms with Gasteiger partial charge in [0.25, 0.3) is 5.91 Å². The molecule has 5 nitrogen and oxygen atoms in total. The highest BCUT2D eigenvalue weighted by Gasteiger charge is 2.29. The Morgan fingerprint density at radius 1 is 1.65 bits per heavy atom. The number of hydrogen-bond acceptors (Lipinski definition) is 3. The molecule has 2 rings (SSSR count). The number of likely N-dealkylation sites (tertiary alicyclic amines) is 1. The molecule has 2 N–H and O–H groups in total. The highest BCUT2D eigenvalue weighted by molar-refractivity contribution is 5.94. The summed E-state index contributed by atoms with van der Waals surface area (Å²) in [5.74, 6) is -0.289. The van der Waals surface area contributed by atoms with Crippen LogP contribution in [0.1, 0.15) is 28.9 Å². The van der Waals surface area contributed by atoms with Crippen LogP contribution in [0.4, 0.5) is 0 Å². The second-order valence-corrected chi connectivity index (χ2v) is 4.37. The molecular weight excluding hydrogens is 220 g/mol. The van der Waals surface area contributed by atoms with Gasteiger partial charge in [0.15, 0.2) is 5.43 Å². The van der Waals surface area contributed by atoms with Gasteiger partial charge in [0.2, 0.25) is 0 Å². The van der Waals surface area contributed by atoms with E-state index in [2.05, 4.69) is 4.98 Å². The van der Waals surface area contributed by atoms with Crippen molar-refractivity contribution in [3.63, 3.8) is 0 Å². The summed E-state index contributed by atoms with van der Waals surface area (Å²) in [6, 6.07) is 1.26. The van der Waals surface area contributed by atoms with E-state index in [0.717, 1.165) is 18.5 Å². The number of carbonyl (C=O) groups excluding carboxylic acids is 1. The predicted octanol–water partition coefficient (Wildman–Crippen LogP) is 0.280. The third kappa shape index (κ3) is 2.24. The second kappa shape index (κ2) is 4.71.